The molecule has 1 amide bonds. The average molecular weight is 700 g/mol. The number of aromatic nitrogens is 3. The molecule has 0 radical (unpaired) electrons. The number of aryl methyl sites for hydroxylation is 1. The number of rotatable bonds is 12. The van der Waals surface area contributed by atoms with E-state index in [2.05, 4.69) is 52.0 Å². The number of nitrogens with zero attached hydrogens (tertiary/aromatic N) is 3. The third kappa shape index (κ3) is 7.18. The van der Waals surface area contributed by atoms with E-state index in [0.717, 1.165) is 72.3 Å². The second-order valence-corrected chi connectivity index (χ2v) is 13.5. The van der Waals surface area contributed by atoms with Crippen LogP contribution in [0.4, 0.5) is 0 Å². The number of hydrogen-bond acceptors (Lipinski definition) is 7. The van der Waals surface area contributed by atoms with Gasteiger partial charge in [-0.15, -0.1) is 0 Å². The van der Waals surface area contributed by atoms with E-state index in [0.29, 0.717) is 52.9 Å². The normalized spacial score (nSPS) is 17.6. The molecule has 7 rings (SSSR count). The van der Waals surface area contributed by atoms with Crippen molar-refractivity contribution in [3.8, 4) is 39.5 Å². The van der Waals surface area contributed by atoms with Gasteiger partial charge in [-0.1, -0.05) is 59.6 Å². The zero-order chi connectivity index (χ0) is 33.9. The predicted molar refractivity (Wildman–Crippen MR) is 195 cm³/mol. The van der Waals surface area contributed by atoms with E-state index in [1.165, 1.54) is 10.9 Å². The van der Waals surface area contributed by atoms with Crippen LogP contribution in [0.5, 0.6) is 5.88 Å². The number of halogens is 2. The molecule has 2 atom stereocenters. The van der Waals surface area contributed by atoms with E-state index in [-0.39, 0.29) is 11.9 Å². The summed E-state index contributed by atoms with van der Waals surface area (Å²) in [6, 6.07) is 18.2. The number of amides is 1. The highest BCUT2D eigenvalue weighted by Gasteiger charge is 2.21. The van der Waals surface area contributed by atoms with E-state index in [1.54, 1.807) is 13.3 Å². The Morgan fingerprint density at radius 3 is 2.59 bits per heavy atom. The van der Waals surface area contributed by atoms with Crippen LogP contribution < -0.4 is 20.7 Å². The second kappa shape index (κ2) is 14.9. The highest BCUT2D eigenvalue weighted by molar-refractivity contribution is 6.39. The molecule has 2 aliphatic rings. The SMILES string of the molecule is COc1nc(-c2cccc(-c3ccnc(-c4ccc5c(CNCC6CCCO6)cn(C)c5c4)c3Cl)c2Cl)ccc1CNCC1CCC(=O)N1. The molecule has 2 saturated heterocycles. The van der Waals surface area contributed by atoms with Gasteiger partial charge in [0.1, 0.15) is 0 Å². The van der Waals surface area contributed by atoms with Crippen LogP contribution in [-0.4, -0.2) is 59.4 Å². The van der Waals surface area contributed by atoms with Crippen LogP contribution in [0, 0.1) is 0 Å². The van der Waals surface area contributed by atoms with Gasteiger partial charge in [-0.2, -0.15) is 0 Å². The van der Waals surface area contributed by atoms with E-state index in [9.17, 15) is 4.79 Å². The molecule has 2 aliphatic heterocycles. The fourth-order valence-electron chi connectivity index (χ4n) is 6.86. The maximum Gasteiger partial charge on any atom is 0.220 e. The Kier molecular flexibility index (Phi) is 10.2. The topological polar surface area (TPSA) is 102 Å². The number of hydrogen-bond donors (Lipinski definition) is 3. The highest BCUT2D eigenvalue weighted by atomic mass is 35.5. The molecule has 3 aromatic heterocycles. The van der Waals surface area contributed by atoms with Crippen molar-refractivity contribution in [2.24, 2.45) is 7.05 Å². The highest BCUT2D eigenvalue weighted by Crippen LogP contribution is 2.42. The first-order valence-electron chi connectivity index (χ1n) is 16.8. The molecule has 2 unspecified atom stereocenters. The predicted octanol–water partition coefficient (Wildman–Crippen LogP) is 6.92. The first kappa shape index (κ1) is 33.5. The molecule has 5 heterocycles. The van der Waals surface area contributed by atoms with Crippen LogP contribution >= 0.6 is 23.2 Å². The van der Waals surface area contributed by atoms with Crippen LogP contribution in [0.3, 0.4) is 0 Å². The summed E-state index contributed by atoms with van der Waals surface area (Å²) < 4.78 is 13.6. The Morgan fingerprint density at radius 2 is 1.80 bits per heavy atom. The van der Waals surface area contributed by atoms with Crippen molar-refractivity contribution in [1.82, 2.24) is 30.5 Å². The molecule has 5 aromatic rings. The monoisotopic (exact) mass is 698 g/mol. The van der Waals surface area contributed by atoms with Gasteiger partial charge in [0, 0.05) is 103 Å². The summed E-state index contributed by atoms with van der Waals surface area (Å²) in [5, 5.41) is 12.2. The molecule has 0 saturated carbocycles. The number of benzene rings is 2. The van der Waals surface area contributed by atoms with Crippen LogP contribution in [0.1, 0.15) is 36.8 Å². The number of pyridine rings is 2. The van der Waals surface area contributed by atoms with Crippen molar-refractivity contribution in [2.45, 2.75) is 50.9 Å². The van der Waals surface area contributed by atoms with Crippen molar-refractivity contribution in [2.75, 3.05) is 26.8 Å². The minimum atomic E-state index is 0.107. The van der Waals surface area contributed by atoms with E-state index < -0.39 is 0 Å². The lowest BCUT2D eigenvalue weighted by atomic mass is 9.99. The van der Waals surface area contributed by atoms with Crippen molar-refractivity contribution in [3.05, 3.63) is 88.2 Å². The summed E-state index contributed by atoms with van der Waals surface area (Å²) >= 11 is 14.2. The van der Waals surface area contributed by atoms with Gasteiger partial charge in [0.15, 0.2) is 0 Å². The summed E-state index contributed by atoms with van der Waals surface area (Å²) in [6.45, 7) is 3.76. The van der Waals surface area contributed by atoms with Crippen molar-refractivity contribution >= 4 is 40.0 Å². The third-order valence-corrected chi connectivity index (χ3v) is 10.2. The average Bonchev–Trinajstić information content (AvgIpc) is 3.86. The van der Waals surface area contributed by atoms with Crippen molar-refractivity contribution in [3.63, 3.8) is 0 Å². The first-order chi connectivity index (χ1) is 23.9. The molecule has 2 fully saturated rings. The first-order valence-corrected chi connectivity index (χ1v) is 17.5. The molecule has 2 aromatic carbocycles. The van der Waals surface area contributed by atoms with Crippen LogP contribution in [0.2, 0.25) is 10.0 Å². The maximum atomic E-state index is 11.5. The summed E-state index contributed by atoms with van der Waals surface area (Å²) in [7, 11) is 3.68. The summed E-state index contributed by atoms with van der Waals surface area (Å²) in [6.07, 6.45) is 7.94. The molecule has 49 heavy (non-hydrogen) atoms. The van der Waals surface area contributed by atoms with E-state index in [4.69, 9.17) is 42.6 Å². The number of ether oxygens (including phenoxy) is 2. The molecular formula is C38H40Cl2N6O3. The number of carbonyl (C=O) groups excluding carboxylic acids is 1. The summed E-state index contributed by atoms with van der Waals surface area (Å²) in [4.78, 5) is 21.0. The van der Waals surface area contributed by atoms with Crippen molar-refractivity contribution in [1.29, 1.82) is 0 Å². The molecule has 254 valence electrons. The Balaban J connectivity index is 1.12. The van der Waals surface area contributed by atoms with Gasteiger partial charge in [-0.3, -0.25) is 9.78 Å². The Morgan fingerprint density at radius 1 is 0.980 bits per heavy atom. The third-order valence-electron chi connectivity index (χ3n) is 9.44. The maximum absolute atomic E-state index is 11.5. The molecular weight excluding hydrogens is 659 g/mol. The second-order valence-electron chi connectivity index (χ2n) is 12.8. The fraction of sp³-hybridized carbons (Fsp3) is 0.342. The lowest BCUT2D eigenvalue weighted by molar-refractivity contribution is -0.119. The number of methoxy groups -OCH3 is 1. The Labute approximate surface area is 296 Å². The van der Waals surface area contributed by atoms with Gasteiger partial charge >= 0.3 is 0 Å². The van der Waals surface area contributed by atoms with E-state index in [1.807, 2.05) is 36.4 Å². The minimum Gasteiger partial charge on any atom is -0.481 e. The van der Waals surface area contributed by atoms with Gasteiger partial charge in [-0.25, -0.2) is 4.98 Å². The van der Waals surface area contributed by atoms with Gasteiger partial charge in [-0.05, 0) is 43.0 Å². The molecule has 11 heteroatoms. The number of nitrogens with one attached hydrogen (secondary N) is 3. The van der Waals surface area contributed by atoms with Crippen LogP contribution in [0.15, 0.2) is 67.0 Å². The van der Waals surface area contributed by atoms with Gasteiger partial charge in [0.2, 0.25) is 11.8 Å². The number of carbonyl (C=O) groups is 1. The zero-order valence-corrected chi connectivity index (χ0v) is 29.2. The van der Waals surface area contributed by atoms with Crippen molar-refractivity contribution < 1.29 is 14.3 Å². The molecule has 3 N–H and O–H groups in total. The summed E-state index contributed by atoms with van der Waals surface area (Å²) in [5.41, 5.74) is 7.93. The van der Waals surface area contributed by atoms with Crippen LogP contribution in [-0.2, 0) is 29.7 Å². The molecule has 0 aliphatic carbocycles. The summed E-state index contributed by atoms with van der Waals surface area (Å²) in [5.74, 6) is 0.625. The smallest absolute Gasteiger partial charge is 0.220 e. The van der Waals surface area contributed by atoms with E-state index >= 15 is 0 Å². The quantitative estimate of drug-likeness (QED) is 0.130. The Hall–Kier alpha value is -3.99. The largest absolute Gasteiger partial charge is 0.481 e. The molecule has 0 spiro atoms. The molecule has 9 nitrogen and oxygen atoms in total. The molecule has 0 bridgehead atoms. The standard InChI is InChI=1S/C38H40Cl2N6O3/c1-46-22-25(19-42-21-27-5-4-16-49-27)28-11-8-23(17-33(28)46)37-36(40)30(14-15-43-37)29-6-3-7-31(35(29)39)32-12-9-24(38(45-32)48-2)18-41-20-26-10-13-34(47)44-26/h3,6-9,11-12,14-15,17,22,26-27,41-42H,4-5,10,13,16,18-21H2,1-2H3,(H,44,47). The van der Waals surface area contributed by atoms with Gasteiger partial charge < -0.3 is 30.0 Å². The van der Waals surface area contributed by atoms with Crippen LogP contribution in [0.25, 0.3) is 44.5 Å². The lowest BCUT2D eigenvalue weighted by Crippen LogP contribution is -2.35. The van der Waals surface area contributed by atoms with Gasteiger partial charge in [0.05, 0.1) is 34.6 Å². The lowest BCUT2D eigenvalue weighted by Gasteiger charge is -2.15. The minimum absolute atomic E-state index is 0.107. The Bertz CT molecular complexity index is 1990. The fourth-order valence-corrected chi connectivity index (χ4v) is 7.51. The van der Waals surface area contributed by atoms with Gasteiger partial charge in [0.25, 0.3) is 0 Å². The zero-order valence-electron chi connectivity index (χ0n) is 27.7. The number of fused-ring (bicyclic) bond motifs is 1.